The third-order valence-electron chi connectivity index (χ3n) is 1.94. The third-order valence-corrected chi connectivity index (χ3v) is 1.94. The van der Waals surface area contributed by atoms with E-state index in [1.165, 1.54) is 0 Å². The zero-order valence-electron chi connectivity index (χ0n) is 6.67. The lowest BCUT2D eigenvalue weighted by atomic mass is 10.1. The number of nitrogens with one attached hydrogen (secondary N) is 1. The molecule has 10 heavy (non-hydrogen) atoms. The second-order valence-electron chi connectivity index (χ2n) is 3.10. The zero-order valence-corrected chi connectivity index (χ0v) is 6.67. The quantitative estimate of drug-likeness (QED) is 0.548. The largest absolute Gasteiger partial charge is 0.392 e. The first-order valence-electron chi connectivity index (χ1n) is 3.79. The second-order valence-corrected chi connectivity index (χ2v) is 3.10. The molecule has 1 atom stereocenters. The molecule has 0 spiro atoms. The van der Waals surface area contributed by atoms with E-state index < -0.39 is 0 Å². The maximum Gasteiger partial charge on any atom is 0.0639 e. The summed E-state index contributed by atoms with van der Waals surface area (Å²) in [5.74, 6) is 0. The van der Waals surface area contributed by atoms with Crippen molar-refractivity contribution in [1.29, 1.82) is 0 Å². The molecule has 1 saturated heterocycles. The van der Waals surface area contributed by atoms with E-state index in [2.05, 4.69) is 17.3 Å². The lowest BCUT2D eigenvalue weighted by Gasteiger charge is -2.36. The van der Waals surface area contributed by atoms with Gasteiger partial charge in [0.15, 0.2) is 0 Å². The van der Waals surface area contributed by atoms with E-state index in [-0.39, 0.29) is 6.10 Å². The van der Waals surface area contributed by atoms with Crippen molar-refractivity contribution >= 4 is 0 Å². The molecule has 0 aromatic carbocycles. The van der Waals surface area contributed by atoms with Crippen molar-refractivity contribution in [3.63, 3.8) is 0 Å². The summed E-state index contributed by atoms with van der Waals surface area (Å²) in [7, 11) is 2.05. The molecule has 1 unspecified atom stereocenters. The number of hydrogen-bond donors (Lipinski definition) is 2. The SMILES string of the molecule is CC(O)CN(C)C1CNC1. The molecular weight excluding hydrogens is 128 g/mol. The van der Waals surface area contributed by atoms with Crippen LogP contribution in [-0.4, -0.2) is 48.8 Å². The summed E-state index contributed by atoms with van der Waals surface area (Å²) in [6.45, 7) is 4.75. The van der Waals surface area contributed by atoms with Gasteiger partial charge in [0.1, 0.15) is 0 Å². The van der Waals surface area contributed by atoms with Crippen LogP contribution in [0.15, 0.2) is 0 Å². The van der Waals surface area contributed by atoms with E-state index in [9.17, 15) is 0 Å². The van der Waals surface area contributed by atoms with E-state index >= 15 is 0 Å². The standard InChI is InChI=1S/C7H16N2O/c1-6(10)5-9(2)7-3-8-4-7/h6-8,10H,3-5H2,1-2H3. The number of aliphatic hydroxyl groups excluding tert-OH is 1. The monoisotopic (exact) mass is 144 g/mol. The molecular formula is C7H16N2O. The van der Waals surface area contributed by atoms with Gasteiger partial charge in [0.05, 0.1) is 6.10 Å². The lowest BCUT2D eigenvalue weighted by molar-refractivity contribution is 0.0973. The van der Waals surface area contributed by atoms with Crippen molar-refractivity contribution < 1.29 is 5.11 Å². The summed E-state index contributed by atoms with van der Waals surface area (Å²) in [4.78, 5) is 2.20. The van der Waals surface area contributed by atoms with Crippen LogP contribution in [0, 0.1) is 0 Å². The fourth-order valence-corrected chi connectivity index (χ4v) is 1.15. The van der Waals surface area contributed by atoms with Gasteiger partial charge in [-0.15, -0.1) is 0 Å². The Balaban J connectivity index is 2.13. The van der Waals surface area contributed by atoms with Crippen LogP contribution in [0.3, 0.4) is 0 Å². The van der Waals surface area contributed by atoms with Crippen LogP contribution in [-0.2, 0) is 0 Å². The minimum atomic E-state index is -0.203. The summed E-state index contributed by atoms with van der Waals surface area (Å²) in [6, 6.07) is 0.648. The van der Waals surface area contributed by atoms with Gasteiger partial charge in [0, 0.05) is 25.7 Å². The average molecular weight is 144 g/mol. The molecule has 0 aromatic rings. The highest BCUT2D eigenvalue weighted by molar-refractivity contribution is 4.83. The molecule has 1 fully saturated rings. The predicted octanol–water partition coefficient (Wildman–Crippen LogP) is -0.729. The van der Waals surface area contributed by atoms with Crippen molar-refractivity contribution in [3.8, 4) is 0 Å². The van der Waals surface area contributed by atoms with Crippen molar-refractivity contribution in [2.24, 2.45) is 0 Å². The Bertz CT molecular complexity index is 102. The summed E-state index contributed by atoms with van der Waals surface area (Å²) in [5, 5.41) is 12.2. The molecule has 3 nitrogen and oxygen atoms in total. The lowest BCUT2D eigenvalue weighted by Crippen LogP contribution is -2.56. The van der Waals surface area contributed by atoms with Crippen molar-refractivity contribution in [1.82, 2.24) is 10.2 Å². The van der Waals surface area contributed by atoms with Crippen LogP contribution < -0.4 is 5.32 Å². The van der Waals surface area contributed by atoms with Crippen molar-refractivity contribution in [2.75, 3.05) is 26.7 Å². The van der Waals surface area contributed by atoms with Gasteiger partial charge in [-0.2, -0.15) is 0 Å². The van der Waals surface area contributed by atoms with Crippen LogP contribution >= 0.6 is 0 Å². The third kappa shape index (κ3) is 1.94. The molecule has 2 N–H and O–H groups in total. The molecule has 3 heteroatoms. The van der Waals surface area contributed by atoms with Gasteiger partial charge < -0.3 is 10.4 Å². The Morgan fingerprint density at radius 2 is 2.30 bits per heavy atom. The van der Waals surface area contributed by atoms with E-state index in [0.717, 1.165) is 19.6 Å². The highest BCUT2D eigenvalue weighted by atomic mass is 16.3. The van der Waals surface area contributed by atoms with E-state index in [1.807, 2.05) is 6.92 Å². The van der Waals surface area contributed by atoms with Crippen molar-refractivity contribution in [3.05, 3.63) is 0 Å². The van der Waals surface area contributed by atoms with Gasteiger partial charge in [-0.3, -0.25) is 4.90 Å². The fraction of sp³-hybridized carbons (Fsp3) is 1.00. The molecule has 0 saturated carbocycles. The van der Waals surface area contributed by atoms with Gasteiger partial charge in [0.2, 0.25) is 0 Å². The molecule has 1 aliphatic rings. The van der Waals surface area contributed by atoms with E-state index in [4.69, 9.17) is 5.11 Å². The molecule has 0 amide bonds. The smallest absolute Gasteiger partial charge is 0.0639 e. The molecule has 0 bridgehead atoms. The minimum Gasteiger partial charge on any atom is -0.392 e. The molecule has 0 aromatic heterocycles. The molecule has 1 heterocycles. The van der Waals surface area contributed by atoms with Crippen LogP contribution in [0.1, 0.15) is 6.92 Å². The molecule has 60 valence electrons. The average Bonchev–Trinajstić information content (AvgIpc) is 1.55. The molecule has 1 aliphatic heterocycles. The molecule has 0 aliphatic carbocycles. The molecule has 0 radical (unpaired) electrons. The number of aliphatic hydroxyl groups is 1. The first-order chi connectivity index (χ1) is 4.70. The highest BCUT2D eigenvalue weighted by Crippen LogP contribution is 2.01. The van der Waals surface area contributed by atoms with E-state index in [1.54, 1.807) is 0 Å². The van der Waals surface area contributed by atoms with Gasteiger partial charge in [-0.25, -0.2) is 0 Å². The van der Waals surface area contributed by atoms with Crippen LogP contribution in [0.5, 0.6) is 0 Å². The van der Waals surface area contributed by atoms with Gasteiger partial charge in [-0.1, -0.05) is 0 Å². The Morgan fingerprint density at radius 1 is 1.70 bits per heavy atom. The number of nitrogens with zero attached hydrogens (tertiary/aromatic N) is 1. The highest BCUT2D eigenvalue weighted by Gasteiger charge is 2.21. The Hall–Kier alpha value is -0.120. The Morgan fingerprint density at radius 3 is 2.60 bits per heavy atom. The number of rotatable bonds is 3. The van der Waals surface area contributed by atoms with Crippen molar-refractivity contribution in [2.45, 2.75) is 19.1 Å². The zero-order chi connectivity index (χ0) is 7.56. The maximum absolute atomic E-state index is 9.03. The predicted molar refractivity (Wildman–Crippen MR) is 41.0 cm³/mol. The van der Waals surface area contributed by atoms with E-state index in [0.29, 0.717) is 6.04 Å². The maximum atomic E-state index is 9.03. The topological polar surface area (TPSA) is 35.5 Å². The Labute approximate surface area is 62.0 Å². The molecule has 1 rings (SSSR count). The van der Waals surface area contributed by atoms with Crippen LogP contribution in [0.2, 0.25) is 0 Å². The van der Waals surface area contributed by atoms with Crippen LogP contribution in [0.4, 0.5) is 0 Å². The first kappa shape index (κ1) is 7.98. The fourth-order valence-electron chi connectivity index (χ4n) is 1.15. The minimum absolute atomic E-state index is 0.203. The summed E-state index contributed by atoms with van der Waals surface area (Å²) < 4.78 is 0. The van der Waals surface area contributed by atoms with Crippen LogP contribution in [0.25, 0.3) is 0 Å². The summed E-state index contributed by atoms with van der Waals surface area (Å²) in [6.07, 6.45) is -0.203. The number of hydrogen-bond acceptors (Lipinski definition) is 3. The summed E-state index contributed by atoms with van der Waals surface area (Å²) >= 11 is 0. The second kappa shape index (κ2) is 3.32. The first-order valence-corrected chi connectivity index (χ1v) is 3.79. The van der Waals surface area contributed by atoms with Gasteiger partial charge in [-0.05, 0) is 14.0 Å². The summed E-state index contributed by atoms with van der Waals surface area (Å²) in [5.41, 5.74) is 0. The normalized spacial score (nSPS) is 22.8. The van der Waals surface area contributed by atoms with Gasteiger partial charge >= 0.3 is 0 Å². The Kier molecular flexibility index (Phi) is 2.65. The van der Waals surface area contributed by atoms with Gasteiger partial charge in [0.25, 0.3) is 0 Å². The number of likely N-dealkylation sites (N-methyl/N-ethyl adjacent to an activating group) is 1.